The molecule has 0 radical (unpaired) electrons. The number of hydrogen-bond donors (Lipinski definition) is 0. The predicted octanol–water partition coefficient (Wildman–Crippen LogP) is 4.90. The lowest BCUT2D eigenvalue weighted by molar-refractivity contribution is -0.162. The fourth-order valence-electron chi connectivity index (χ4n) is 3.34. The van der Waals surface area contributed by atoms with Crippen molar-refractivity contribution >= 4 is 20.3 Å². The van der Waals surface area contributed by atoms with E-state index in [1.165, 1.54) is 4.90 Å². The third-order valence-corrected chi connectivity index (χ3v) is 9.71. The molecule has 0 bridgehead atoms. The van der Waals surface area contributed by atoms with Gasteiger partial charge in [0.25, 0.3) is 5.91 Å². The van der Waals surface area contributed by atoms with E-state index in [1.54, 1.807) is 20.8 Å². The molecule has 0 aromatic heterocycles. The fraction of sp³-hybridized carbons (Fsp3) is 0.600. The van der Waals surface area contributed by atoms with Crippen LogP contribution in [0.25, 0.3) is 0 Å². The summed E-state index contributed by atoms with van der Waals surface area (Å²) in [5, 5.41) is 0. The number of imide groups is 1. The van der Waals surface area contributed by atoms with Gasteiger partial charge in [0.05, 0.1) is 0 Å². The lowest BCUT2D eigenvalue weighted by Crippen LogP contribution is -2.65. The highest BCUT2D eigenvalue weighted by Crippen LogP contribution is 2.41. The summed E-state index contributed by atoms with van der Waals surface area (Å²) in [5.74, 6) is -0.291. The maximum Gasteiger partial charge on any atom is 0.417 e. The Labute approximate surface area is 157 Å². The minimum atomic E-state index is -1.98. The molecule has 1 aromatic rings. The molecule has 2 rings (SSSR count). The number of β-lactam (4-membered cyclic amide) rings is 1. The Bertz CT molecular complexity index is 629. The minimum absolute atomic E-state index is 0.291. The van der Waals surface area contributed by atoms with Crippen molar-refractivity contribution in [3.63, 3.8) is 0 Å². The molecule has 144 valence electrons. The van der Waals surface area contributed by atoms with E-state index >= 15 is 0 Å². The largest absolute Gasteiger partial charge is 0.443 e. The van der Waals surface area contributed by atoms with Gasteiger partial charge in [-0.1, -0.05) is 51.1 Å². The van der Waals surface area contributed by atoms with E-state index in [1.807, 2.05) is 30.3 Å². The summed E-state index contributed by atoms with van der Waals surface area (Å²) in [6.45, 7) is 11.8. The Kier molecular flexibility index (Phi) is 6.29. The van der Waals surface area contributed by atoms with E-state index in [0.717, 1.165) is 23.7 Å². The molecule has 1 aliphatic rings. The lowest BCUT2D eigenvalue weighted by atomic mass is 9.91. The van der Waals surface area contributed by atoms with Crippen molar-refractivity contribution in [1.29, 1.82) is 0 Å². The van der Waals surface area contributed by atoms with Crippen molar-refractivity contribution in [2.45, 2.75) is 77.4 Å². The first-order valence-corrected chi connectivity index (χ1v) is 12.0. The van der Waals surface area contributed by atoms with E-state index in [9.17, 15) is 9.59 Å². The molecule has 5 nitrogen and oxygen atoms in total. The number of carbonyl (C=O) groups excluding carboxylic acids is 2. The van der Waals surface area contributed by atoms with Gasteiger partial charge in [-0.25, -0.2) is 9.69 Å². The maximum atomic E-state index is 12.8. The lowest BCUT2D eigenvalue weighted by Gasteiger charge is -2.48. The average molecular weight is 378 g/mol. The van der Waals surface area contributed by atoms with Gasteiger partial charge >= 0.3 is 6.09 Å². The molecule has 1 saturated heterocycles. The predicted molar refractivity (Wildman–Crippen MR) is 104 cm³/mol. The number of amides is 2. The van der Waals surface area contributed by atoms with Crippen molar-refractivity contribution in [3.05, 3.63) is 35.9 Å². The molecule has 6 heteroatoms. The van der Waals surface area contributed by atoms with Crippen LogP contribution in [-0.2, 0) is 14.0 Å². The Balaban J connectivity index is 2.32. The van der Waals surface area contributed by atoms with Crippen LogP contribution in [0.3, 0.4) is 0 Å². The highest BCUT2D eigenvalue weighted by atomic mass is 28.4. The number of rotatable bonds is 6. The zero-order valence-electron chi connectivity index (χ0n) is 16.7. The summed E-state index contributed by atoms with van der Waals surface area (Å²) in [7, 11) is -1.98. The number of hydrogen-bond acceptors (Lipinski definition) is 4. The maximum absolute atomic E-state index is 12.8. The summed E-state index contributed by atoms with van der Waals surface area (Å²) >= 11 is 0. The fourth-order valence-corrected chi connectivity index (χ4v) is 6.10. The average Bonchev–Trinajstić information content (AvgIpc) is 2.60. The van der Waals surface area contributed by atoms with Crippen LogP contribution in [-0.4, -0.2) is 36.9 Å². The van der Waals surface area contributed by atoms with E-state index in [4.69, 9.17) is 9.16 Å². The van der Waals surface area contributed by atoms with Gasteiger partial charge < -0.3 is 9.16 Å². The van der Waals surface area contributed by atoms with Crippen LogP contribution in [0.15, 0.2) is 30.3 Å². The summed E-state index contributed by atoms with van der Waals surface area (Å²) in [4.78, 5) is 26.6. The van der Waals surface area contributed by atoms with Crippen molar-refractivity contribution in [1.82, 2.24) is 4.90 Å². The second-order valence-corrected chi connectivity index (χ2v) is 12.5. The van der Waals surface area contributed by atoms with Gasteiger partial charge in [0.2, 0.25) is 0 Å². The van der Waals surface area contributed by atoms with Gasteiger partial charge in [-0.15, -0.1) is 0 Å². The van der Waals surface area contributed by atoms with Crippen molar-refractivity contribution in [2.75, 3.05) is 0 Å². The Morgan fingerprint density at radius 2 is 1.62 bits per heavy atom. The van der Waals surface area contributed by atoms with E-state index in [2.05, 4.69) is 20.8 Å². The highest BCUT2D eigenvalue weighted by molar-refractivity contribution is 6.73. The normalized spacial score (nSPS) is 20.7. The Hall–Kier alpha value is -1.66. The van der Waals surface area contributed by atoms with Crippen LogP contribution in [0.1, 0.15) is 53.1 Å². The number of ether oxygens (including phenoxy) is 1. The van der Waals surface area contributed by atoms with Crippen LogP contribution in [0.4, 0.5) is 4.79 Å². The quantitative estimate of drug-likeness (QED) is 0.523. The first kappa shape index (κ1) is 20.6. The summed E-state index contributed by atoms with van der Waals surface area (Å²) < 4.78 is 11.9. The highest BCUT2D eigenvalue weighted by Gasteiger charge is 2.55. The number of benzene rings is 1. The number of likely N-dealkylation sites (tertiary alicyclic amines) is 1. The SMILES string of the molecule is CC[Si](CC)(CC)OC1C(=O)N(C(=O)OC(C)(C)C)C1c1ccccc1. The van der Waals surface area contributed by atoms with Crippen molar-refractivity contribution in [2.24, 2.45) is 0 Å². The molecule has 1 aliphatic heterocycles. The molecule has 2 amide bonds. The molecule has 2 atom stereocenters. The third-order valence-electron chi connectivity index (χ3n) is 5.09. The molecular weight excluding hydrogens is 346 g/mol. The molecule has 1 aromatic carbocycles. The topological polar surface area (TPSA) is 55.8 Å². The molecule has 0 saturated carbocycles. The van der Waals surface area contributed by atoms with Gasteiger partial charge in [-0.3, -0.25) is 4.79 Å². The third kappa shape index (κ3) is 4.18. The van der Waals surface area contributed by atoms with E-state index < -0.39 is 32.2 Å². The summed E-state index contributed by atoms with van der Waals surface area (Å²) in [6.07, 6.45) is -1.20. The molecule has 26 heavy (non-hydrogen) atoms. The molecule has 0 aliphatic carbocycles. The van der Waals surface area contributed by atoms with Crippen LogP contribution in [0.2, 0.25) is 18.1 Å². The molecule has 1 fully saturated rings. The smallest absolute Gasteiger partial charge is 0.417 e. The second-order valence-electron chi connectivity index (χ2n) is 7.83. The van der Waals surface area contributed by atoms with Gasteiger partial charge in [0.1, 0.15) is 11.6 Å². The molecule has 1 heterocycles. The first-order valence-electron chi connectivity index (χ1n) is 9.47. The van der Waals surface area contributed by atoms with E-state index in [0.29, 0.717) is 0 Å². The Morgan fingerprint density at radius 3 is 2.08 bits per heavy atom. The Morgan fingerprint density at radius 1 is 1.08 bits per heavy atom. The van der Waals surface area contributed by atoms with Gasteiger partial charge in [-0.05, 0) is 44.5 Å². The zero-order valence-corrected chi connectivity index (χ0v) is 17.7. The number of carbonyl (C=O) groups is 2. The van der Waals surface area contributed by atoms with Crippen LogP contribution < -0.4 is 0 Å². The monoisotopic (exact) mass is 377 g/mol. The molecule has 0 N–H and O–H groups in total. The van der Waals surface area contributed by atoms with Crippen molar-refractivity contribution < 1.29 is 18.8 Å². The molecule has 0 spiro atoms. The van der Waals surface area contributed by atoms with Gasteiger partial charge in [0.15, 0.2) is 14.4 Å². The van der Waals surface area contributed by atoms with Crippen molar-refractivity contribution in [3.8, 4) is 0 Å². The standard InChI is InChI=1S/C20H31NO4Si/c1-7-26(8-2,9-3)25-17-16(15-13-11-10-12-14-15)21(18(17)22)19(23)24-20(4,5)6/h10-14,16-17H,7-9H2,1-6H3. The zero-order chi connectivity index (χ0) is 19.5. The second kappa shape index (κ2) is 7.92. The summed E-state index contributed by atoms with van der Waals surface area (Å²) in [5.41, 5.74) is 0.244. The molecular formula is C20H31NO4Si. The van der Waals surface area contributed by atoms with Crippen LogP contribution in [0.5, 0.6) is 0 Å². The van der Waals surface area contributed by atoms with Gasteiger partial charge in [0, 0.05) is 0 Å². The molecule has 2 unspecified atom stereocenters. The number of nitrogens with zero attached hydrogens (tertiary/aromatic N) is 1. The van der Waals surface area contributed by atoms with Crippen LogP contribution >= 0.6 is 0 Å². The van der Waals surface area contributed by atoms with Gasteiger partial charge in [-0.2, -0.15) is 0 Å². The van der Waals surface area contributed by atoms with E-state index in [-0.39, 0.29) is 5.91 Å². The summed E-state index contributed by atoms with van der Waals surface area (Å²) in [6, 6.07) is 12.0. The first-order chi connectivity index (χ1) is 12.2. The minimum Gasteiger partial charge on any atom is -0.443 e. The van der Waals surface area contributed by atoms with Crippen LogP contribution in [0, 0.1) is 0 Å².